The number of benzene rings is 1. The number of imidazole rings is 1. The van der Waals surface area contributed by atoms with Crippen LogP contribution in [-0.2, 0) is 16.6 Å². The first-order chi connectivity index (χ1) is 8.99. The van der Waals surface area contributed by atoms with Gasteiger partial charge in [0.2, 0.25) is 10.0 Å². The Balaban J connectivity index is 2.19. The SMILES string of the molecule is CC(=O)c1cccc(S(=O)(=O)NCc2ncc[nH]2)c1. The summed E-state index contributed by atoms with van der Waals surface area (Å²) < 4.78 is 26.5. The van der Waals surface area contributed by atoms with Gasteiger partial charge >= 0.3 is 0 Å². The van der Waals surface area contributed by atoms with Crippen LogP contribution < -0.4 is 4.72 Å². The first-order valence-electron chi connectivity index (χ1n) is 5.58. The molecule has 0 fully saturated rings. The Labute approximate surface area is 110 Å². The number of hydrogen-bond acceptors (Lipinski definition) is 4. The molecule has 0 spiro atoms. The van der Waals surface area contributed by atoms with Gasteiger partial charge in [-0.1, -0.05) is 12.1 Å². The monoisotopic (exact) mass is 279 g/mol. The van der Waals surface area contributed by atoms with E-state index < -0.39 is 10.0 Å². The first-order valence-corrected chi connectivity index (χ1v) is 7.06. The van der Waals surface area contributed by atoms with E-state index >= 15 is 0 Å². The number of rotatable bonds is 5. The van der Waals surface area contributed by atoms with Gasteiger partial charge in [-0.15, -0.1) is 0 Å². The van der Waals surface area contributed by atoms with Crippen LogP contribution in [0.5, 0.6) is 0 Å². The Morgan fingerprint density at radius 2 is 2.21 bits per heavy atom. The van der Waals surface area contributed by atoms with E-state index in [9.17, 15) is 13.2 Å². The highest BCUT2D eigenvalue weighted by Crippen LogP contribution is 2.12. The molecule has 1 aromatic heterocycles. The number of nitrogens with one attached hydrogen (secondary N) is 2. The lowest BCUT2D eigenvalue weighted by atomic mass is 10.2. The van der Waals surface area contributed by atoms with Crippen LogP contribution in [0.25, 0.3) is 0 Å². The smallest absolute Gasteiger partial charge is 0.240 e. The highest BCUT2D eigenvalue weighted by molar-refractivity contribution is 7.89. The Morgan fingerprint density at radius 1 is 1.42 bits per heavy atom. The molecule has 0 bridgehead atoms. The largest absolute Gasteiger partial charge is 0.347 e. The standard InChI is InChI=1S/C12H13N3O3S/c1-9(16)10-3-2-4-11(7-10)19(17,18)15-8-12-13-5-6-14-12/h2-7,15H,8H2,1H3,(H,13,14). The Bertz CT molecular complexity index is 678. The van der Waals surface area contributed by atoms with Crippen molar-refractivity contribution in [1.29, 1.82) is 0 Å². The van der Waals surface area contributed by atoms with Crippen molar-refractivity contribution < 1.29 is 13.2 Å². The van der Waals surface area contributed by atoms with E-state index in [2.05, 4.69) is 14.7 Å². The molecular weight excluding hydrogens is 266 g/mol. The predicted molar refractivity (Wildman–Crippen MR) is 69.1 cm³/mol. The fraction of sp³-hybridized carbons (Fsp3) is 0.167. The fourth-order valence-corrected chi connectivity index (χ4v) is 2.56. The molecule has 2 rings (SSSR count). The van der Waals surface area contributed by atoms with Gasteiger partial charge in [0.25, 0.3) is 0 Å². The summed E-state index contributed by atoms with van der Waals surface area (Å²) in [4.78, 5) is 18.0. The summed E-state index contributed by atoms with van der Waals surface area (Å²) in [5, 5.41) is 0. The number of aromatic nitrogens is 2. The lowest BCUT2D eigenvalue weighted by Crippen LogP contribution is -2.24. The van der Waals surface area contributed by atoms with Gasteiger partial charge in [-0.2, -0.15) is 0 Å². The van der Waals surface area contributed by atoms with E-state index in [1.54, 1.807) is 18.5 Å². The van der Waals surface area contributed by atoms with Gasteiger partial charge in [-0.05, 0) is 19.1 Å². The third-order valence-electron chi connectivity index (χ3n) is 2.54. The Hall–Kier alpha value is -1.99. The van der Waals surface area contributed by atoms with Crippen molar-refractivity contribution in [2.45, 2.75) is 18.4 Å². The third-order valence-corrected chi connectivity index (χ3v) is 3.93. The molecule has 0 saturated heterocycles. The van der Waals surface area contributed by atoms with Crippen molar-refractivity contribution in [2.24, 2.45) is 0 Å². The number of sulfonamides is 1. The molecule has 1 heterocycles. The van der Waals surface area contributed by atoms with Crippen LogP contribution >= 0.6 is 0 Å². The Morgan fingerprint density at radius 3 is 2.84 bits per heavy atom. The molecule has 0 aliphatic carbocycles. The van der Waals surface area contributed by atoms with Crippen molar-refractivity contribution in [1.82, 2.24) is 14.7 Å². The maximum Gasteiger partial charge on any atom is 0.240 e. The second-order valence-electron chi connectivity index (χ2n) is 3.94. The van der Waals surface area contributed by atoms with E-state index in [1.165, 1.54) is 25.1 Å². The number of carbonyl (C=O) groups excluding carboxylic acids is 1. The van der Waals surface area contributed by atoms with Gasteiger partial charge in [0, 0.05) is 18.0 Å². The molecule has 0 aliphatic heterocycles. The second kappa shape index (κ2) is 5.33. The number of aromatic amines is 1. The summed E-state index contributed by atoms with van der Waals surface area (Å²) in [6.45, 7) is 1.46. The summed E-state index contributed by atoms with van der Waals surface area (Å²) in [6, 6.07) is 5.91. The molecule has 2 N–H and O–H groups in total. The zero-order chi connectivity index (χ0) is 13.9. The van der Waals surface area contributed by atoms with Crippen LogP contribution in [0, 0.1) is 0 Å². The van der Waals surface area contributed by atoms with Crippen molar-refractivity contribution >= 4 is 15.8 Å². The molecule has 0 amide bonds. The van der Waals surface area contributed by atoms with Crippen molar-refractivity contribution in [3.05, 3.63) is 48.0 Å². The number of H-pyrrole nitrogens is 1. The number of ketones is 1. The zero-order valence-electron chi connectivity index (χ0n) is 10.3. The minimum atomic E-state index is -3.65. The molecule has 19 heavy (non-hydrogen) atoms. The molecule has 100 valence electrons. The average molecular weight is 279 g/mol. The van der Waals surface area contributed by atoms with E-state index in [0.717, 1.165) is 0 Å². The maximum atomic E-state index is 12.0. The number of nitrogens with zero attached hydrogens (tertiary/aromatic N) is 1. The van der Waals surface area contributed by atoms with Crippen LogP contribution in [0.4, 0.5) is 0 Å². The molecule has 7 heteroatoms. The normalized spacial score (nSPS) is 11.4. The van der Waals surface area contributed by atoms with Crippen LogP contribution in [0.1, 0.15) is 23.1 Å². The van der Waals surface area contributed by atoms with Gasteiger partial charge in [-0.3, -0.25) is 4.79 Å². The van der Waals surface area contributed by atoms with E-state index in [0.29, 0.717) is 11.4 Å². The van der Waals surface area contributed by atoms with Crippen LogP contribution in [0.15, 0.2) is 41.6 Å². The number of Topliss-reactive ketones (excluding diaryl/α,β-unsaturated/α-hetero) is 1. The maximum absolute atomic E-state index is 12.0. The lowest BCUT2D eigenvalue weighted by molar-refractivity contribution is 0.101. The van der Waals surface area contributed by atoms with E-state index in [1.807, 2.05) is 0 Å². The molecular formula is C12H13N3O3S. The van der Waals surface area contributed by atoms with Gasteiger partial charge in [0.1, 0.15) is 5.82 Å². The summed E-state index contributed by atoms with van der Waals surface area (Å²) in [5.74, 6) is 0.342. The summed E-state index contributed by atoms with van der Waals surface area (Å²) >= 11 is 0. The van der Waals surface area contributed by atoms with Crippen molar-refractivity contribution in [2.75, 3.05) is 0 Å². The zero-order valence-corrected chi connectivity index (χ0v) is 11.1. The van der Waals surface area contributed by atoms with Crippen molar-refractivity contribution in [3.8, 4) is 0 Å². The topological polar surface area (TPSA) is 91.9 Å². The predicted octanol–water partition coefficient (Wildman–Crippen LogP) is 1.09. The number of hydrogen-bond donors (Lipinski definition) is 2. The molecule has 0 aliphatic rings. The fourth-order valence-electron chi connectivity index (χ4n) is 1.52. The van der Waals surface area contributed by atoms with E-state index in [-0.39, 0.29) is 17.2 Å². The van der Waals surface area contributed by atoms with Gasteiger partial charge in [0.05, 0.1) is 11.4 Å². The molecule has 0 atom stereocenters. The van der Waals surface area contributed by atoms with Gasteiger partial charge in [-0.25, -0.2) is 18.1 Å². The van der Waals surface area contributed by atoms with Crippen LogP contribution in [0.2, 0.25) is 0 Å². The minimum absolute atomic E-state index is 0.0618. The second-order valence-corrected chi connectivity index (χ2v) is 5.71. The quantitative estimate of drug-likeness (QED) is 0.801. The Kier molecular flexibility index (Phi) is 3.77. The van der Waals surface area contributed by atoms with Crippen LogP contribution in [0.3, 0.4) is 0 Å². The lowest BCUT2D eigenvalue weighted by Gasteiger charge is -2.06. The first kappa shape index (κ1) is 13.4. The minimum Gasteiger partial charge on any atom is -0.347 e. The highest BCUT2D eigenvalue weighted by atomic mass is 32.2. The summed E-state index contributed by atoms with van der Waals surface area (Å²) in [5.41, 5.74) is 0.362. The van der Waals surface area contributed by atoms with E-state index in [4.69, 9.17) is 0 Å². The summed E-state index contributed by atoms with van der Waals surface area (Å²) in [7, 11) is -3.65. The number of carbonyl (C=O) groups is 1. The van der Waals surface area contributed by atoms with Crippen LogP contribution in [-0.4, -0.2) is 24.2 Å². The molecule has 6 nitrogen and oxygen atoms in total. The van der Waals surface area contributed by atoms with Crippen molar-refractivity contribution in [3.63, 3.8) is 0 Å². The molecule has 0 unspecified atom stereocenters. The van der Waals surface area contributed by atoms with Gasteiger partial charge in [0.15, 0.2) is 5.78 Å². The van der Waals surface area contributed by atoms with Gasteiger partial charge < -0.3 is 4.98 Å². The average Bonchev–Trinajstić information content (AvgIpc) is 2.90. The highest BCUT2D eigenvalue weighted by Gasteiger charge is 2.15. The summed E-state index contributed by atoms with van der Waals surface area (Å²) in [6.07, 6.45) is 3.15. The molecule has 0 saturated carbocycles. The molecule has 2 aromatic rings. The molecule has 1 aromatic carbocycles. The molecule has 0 radical (unpaired) electrons. The third kappa shape index (κ3) is 3.27.